The minimum Gasteiger partial charge on any atom is -0.495 e. The Morgan fingerprint density at radius 1 is 1.14 bits per heavy atom. The van der Waals surface area contributed by atoms with E-state index in [9.17, 15) is 28.1 Å². The van der Waals surface area contributed by atoms with Crippen LogP contribution in [0.25, 0.3) is 0 Å². The Hall–Kier alpha value is -3.67. The molecular weight excluding hydrogens is 488 g/mol. The van der Waals surface area contributed by atoms with E-state index in [0.29, 0.717) is 19.4 Å². The van der Waals surface area contributed by atoms with Crippen LogP contribution < -0.4 is 14.4 Å². The maximum Gasteiger partial charge on any atom is 0.271 e. The summed E-state index contributed by atoms with van der Waals surface area (Å²) in [6, 6.07) is 12.1. The first kappa shape index (κ1) is 28.6. The average molecular weight is 521 g/mol. The van der Waals surface area contributed by atoms with Crippen molar-refractivity contribution in [1.82, 2.24) is 10.2 Å². The summed E-state index contributed by atoms with van der Waals surface area (Å²) in [6.07, 6.45) is 1.65. The quantitative estimate of drug-likeness (QED) is 0.316. The summed E-state index contributed by atoms with van der Waals surface area (Å²) in [5.74, 6) is -0.923. The van der Waals surface area contributed by atoms with Crippen molar-refractivity contribution in [3.05, 3.63) is 64.2 Å². The number of amides is 2. The molecule has 1 atom stereocenters. The topological polar surface area (TPSA) is 139 Å². The van der Waals surface area contributed by atoms with Gasteiger partial charge in [-0.1, -0.05) is 37.3 Å². The van der Waals surface area contributed by atoms with Crippen molar-refractivity contribution in [3.63, 3.8) is 0 Å². The van der Waals surface area contributed by atoms with Crippen LogP contribution in [0.2, 0.25) is 0 Å². The van der Waals surface area contributed by atoms with Gasteiger partial charge in [0, 0.05) is 25.2 Å². The molecule has 0 fully saturated rings. The van der Waals surface area contributed by atoms with Crippen molar-refractivity contribution in [3.8, 4) is 5.75 Å². The van der Waals surface area contributed by atoms with Gasteiger partial charge >= 0.3 is 0 Å². The molecule has 36 heavy (non-hydrogen) atoms. The summed E-state index contributed by atoms with van der Waals surface area (Å²) in [4.78, 5) is 38.4. The molecule has 0 heterocycles. The van der Waals surface area contributed by atoms with Crippen LogP contribution in [0.1, 0.15) is 25.8 Å². The normalized spacial score (nSPS) is 11.9. The van der Waals surface area contributed by atoms with Crippen molar-refractivity contribution in [2.45, 2.75) is 32.7 Å². The molecule has 0 saturated carbocycles. The van der Waals surface area contributed by atoms with E-state index in [4.69, 9.17) is 4.74 Å². The van der Waals surface area contributed by atoms with Crippen LogP contribution >= 0.6 is 0 Å². The largest absolute Gasteiger partial charge is 0.495 e. The first-order valence-electron chi connectivity index (χ1n) is 11.4. The van der Waals surface area contributed by atoms with Crippen molar-refractivity contribution in [1.29, 1.82) is 0 Å². The van der Waals surface area contributed by atoms with Gasteiger partial charge in [-0.3, -0.25) is 24.0 Å². The van der Waals surface area contributed by atoms with E-state index in [-0.39, 0.29) is 29.6 Å². The lowest BCUT2D eigenvalue weighted by atomic mass is 10.1. The van der Waals surface area contributed by atoms with Gasteiger partial charge in [0.25, 0.3) is 5.69 Å². The zero-order valence-corrected chi connectivity index (χ0v) is 21.7. The van der Waals surface area contributed by atoms with Crippen LogP contribution in [0.4, 0.5) is 11.4 Å². The van der Waals surface area contributed by atoms with Crippen molar-refractivity contribution in [2.75, 3.05) is 37.3 Å². The zero-order chi connectivity index (χ0) is 26.9. The van der Waals surface area contributed by atoms with Gasteiger partial charge in [0.2, 0.25) is 21.8 Å². The average Bonchev–Trinajstić information content (AvgIpc) is 2.84. The third-order valence-corrected chi connectivity index (χ3v) is 6.67. The number of nitro benzene ring substituents is 1. The summed E-state index contributed by atoms with van der Waals surface area (Å²) in [5.41, 5.74) is 0.444. The zero-order valence-electron chi connectivity index (χ0n) is 20.8. The van der Waals surface area contributed by atoms with Crippen LogP contribution in [0.5, 0.6) is 5.75 Å². The first-order valence-corrected chi connectivity index (χ1v) is 13.3. The molecule has 196 valence electrons. The van der Waals surface area contributed by atoms with Crippen molar-refractivity contribution in [2.24, 2.45) is 0 Å². The van der Waals surface area contributed by atoms with E-state index in [1.54, 1.807) is 13.8 Å². The number of anilines is 1. The van der Waals surface area contributed by atoms with Gasteiger partial charge in [0.05, 0.1) is 18.3 Å². The maximum absolute atomic E-state index is 13.6. The minimum absolute atomic E-state index is 0.0467. The number of carbonyl (C=O) groups excluding carboxylic acids is 2. The third kappa shape index (κ3) is 7.41. The first-order chi connectivity index (χ1) is 17.0. The second-order valence-corrected chi connectivity index (χ2v) is 9.93. The molecule has 0 aromatic heterocycles. The Kier molecular flexibility index (Phi) is 10.2. The van der Waals surface area contributed by atoms with Crippen LogP contribution in [0.3, 0.4) is 0 Å². The fourth-order valence-electron chi connectivity index (χ4n) is 3.77. The molecule has 1 N–H and O–H groups in total. The predicted molar refractivity (Wildman–Crippen MR) is 136 cm³/mol. The van der Waals surface area contributed by atoms with E-state index in [0.717, 1.165) is 22.2 Å². The predicted octanol–water partition coefficient (Wildman–Crippen LogP) is 2.36. The van der Waals surface area contributed by atoms with Gasteiger partial charge in [-0.25, -0.2) is 8.42 Å². The smallest absolute Gasteiger partial charge is 0.271 e. The highest BCUT2D eigenvalue weighted by atomic mass is 32.2. The van der Waals surface area contributed by atoms with Crippen LogP contribution in [-0.4, -0.2) is 69.1 Å². The summed E-state index contributed by atoms with van der Waals surface area (Å²) < 4.78 is 31.5. The van der Waals surface area contributed by atoms with Gasteiger partial charge in [-0.05, 0) is 31.4 Å². The summed E-state index contributed by atoms with van der Waals surface area (Å²) in [5, 5.41) is 14.0. The highest BCUT2D eigenvalue weighted by Crippen LogP contribution is 2.33. The molecule has 0 bridgehead atoms. The second-order valence-electron chi connectivity index (χ2n) is 8.02. The number of likely N-dealkylation sites (N-methyl/N-ethyl adjacent to an activating group) is 1. The van der Waals surface area contributed by atoms with E-state index in [2.05, 4.69) is 5.32 Å². The number of hydrogen-bond donors (Lipinski definition) is 1. The maximum atomic E-state index is 13.6. The number of non-ortho nitro benzene ring substituents is 1. The van der Waals surface area contributed by atoms with E-state index >= 15 is 0 Å². The number of carbonyl (C=O) groups is 2. The van der Waals surface area contributed by atoms with Crippen molar-refractivity contribution >= 4 is 33.2 Å². The molecular formula is C24H32N4O7S. The molecule has 0 aliphatic rings. The van der Waals surface area contributed by atoms with E-state index in [1.165, 1.54) is 24.1 Å². The highest BCUT2D eigenvalue weighted by molar-refractivity contribution is 7.92. The molecule has 0 aliphatic heterocycles. The van der Waals surface area contributed by atoms with E-state index < -0.39 is 33.4 Å². The summed E-state index contributed by atoms with van der Waals surface area (Å²) in [6.45, 7) is 3.40. The van der Waals surface area contributed by atoms with Gasteiger partial charge in [-0.2, -0.15) is 0 Å². The molecule has 2 amide bonds. The van der Waals surface area contributed by atoms with Gasteiger partial charge in [0.1, 0.15) is 24.0 Å². The Labute approximate surface area is 211 Å². The summed E-state index contributed by atoms with van der Waals surface area (Å²) >= 11 is 0. The molecule has 0 spiro atoms. The van der Waals surface area contributed by atoms with Crippen LogP contribution in [0, 0.1) is 10.1 Å². The molecule has 12 heteroatoms. The fraction of sp³-hybridized carbons (Fsp3) is 0.417. The molecule has 2 aromatic rings. The van der Waals surface area contributed by atoms with E-state index in [1.807, 2.05) is 30.3 Å². The SMILES string of the molecule is CCNC(=O)[C@H](CC)N(CCc1ccccc1)C(=O)CN(c1cc([N+](=O)[O-])ccc1OC)S(C)(=O)=O. The van der Waals surface area contributed by atoms with Gasteiger partial charge in [-0.15, -0.1) is 0 Å². The molecule has 0 saturated heterocycles. The number of sulfonamides is 1. The third-order valence-electron chi connectivity index (χ3n) is 5.54. The lowest BCUT2D eigenvalue weighted by molar-refractivity contribution is -0.384. The van der Waals surface area contributed by atoms with Gasteiger partial charge in [0.15, 0.2) is 0 Å². The number of methoxy groups -OCH3 is 1. The Balaban J connectivity index is 2.48. The second kappa shape index (κ2) is 12.9. The lowest BCUT2D eigenvalue weighted by Gasteiger charge is -2.33. The number of nitro groups is 1. The Morgan fingerprint density at radius 3 is 2.33 bits per heavy atom. The monoisotopic (exact) mass is 520 g/mol. The molecule has 2 aromatic carbocycles. The number of nitrogens with zero attached hydrogens (tertiary/aromatic N) is 3. The minimum atomic E-state index is -4.07. The number of hydrogen-bond acceptors (Lipinski definition) is 7. The Morgan fingerprint density at radius 2 is 1.81 bits per heavy atom. The summed E-state index contributed by atoms with van der Waals surface area (Å²) in [7, 11) is -2.78. The number of ether oxygens (including phenoxy) is 1. The standard InChI is InChI=1S/C24H32N4O7S/c1-5-20(24(30)25-6-2)26(15-14-18-10-8-7-9-11-18)23(29)17-27(36(4,33)34)21-16-19(28(31)32)12-13-22(21)35-3/h7-13,16,20H,5-6,14-15,17H2,1-4H3,(H,25,30)/t20-/m0/s1. The molecule has 0 radical (unpaired) electrons. The molecule has 11 nitrogen and oxygen atoms in total. The van der Waals surface area contributed by atoms with Crippen molar-refractivity contribution < 1.29 is 27.7 Å². The fourth-order valence-corrected chi connectivity index (χ4v) is 4.61. The molecule has 0 unspecified atom stereocenters. The molecule has 0 aliphatic carbocycles. The Bertz CT molecular complexity index is 1170. The number of nitrogens with one attached hydrogen (secondary N) is 1. The highest BCUT2D eigenvalue weighted by Gasteiger charge is 2.32. The lowest BCUT2D eigenvalue weighted by Crippen LogP contribution is -2.53. The van der Waals surface area contributed by atoms with Crippen LogP contribution in [-0.2, 0) is 26.0 Å². The number of rotatable bonds is 13. The van der Waals surface area contributed by atoms with Gasteiger partial charge < -0.3 is 15.0 Å². The van der Waals surface area contributed by atoms with Crippen LogP contribution in [0.15, 0.2) is 48.5 Å². The number of benzene rings is 2. The molecule has 2 rings (SSSR count).